The van der Waals surface area contributed by atoms with E-state index in [0.29, 0.717) is 74.5 Å². The molecule has 8 aliphatic carbocycles. The van der Waals surface area contributed by atoms with Crippen LogP contribution in [-0.4, -0.2) is 63.6 Å². The highest BCUT2D eigenvalue weighted by Crippen LogP contribution is 2.63. The fourth-order valence-electron chi connectivity index (χ4n) is 17.0. The lowest BCUT2D eigenvalue weighted by atomic mass is 9.47. The van der Waals surface area contributed by atoms with Crippen molar-refractivity contribution >= 4 is 68.1 Å². The smallest absolute Gasteiger partial charge is 0.377 e. The molecule has 118 heavy (non-hydrogen) atoms. The predicted molar refractivity (Wildman–Crippen MR) is 459 cm³/mol. The van der Waals surface area contributed by atoms with Crippen molar-refractivity contribution in [3.05, 3.63) is 255 Å². The number of carbonyl (C=O) groups excluding carboxylic acids is 6. The van der Waals surface area contributed by atoms with Gasteiger partial charge < -0.3 is 24.1 Å². The summed E-state index contributed by atoms with van der Waals surface area (Å²) in [5.41, 5.74) is -2.83. The van der Waals surface area contributed by atoms with Gasteiger partial charge in [0.2, 0.25) is 5.78 Å². The Labute approximate surface area is 703 Å². The monoisotopic (exact) mass is 1660 g/mol. The summed E-state index contributed by atoms with van der Waals surface area (Å²) in [4.78, 5) is 82.8. The average Bonchev–Trinajstić information content (AvgIpc) is 0.737. The Kier molecular flexibility index (Phi) is 29.3. The summed E-state index contributed by atoms with van der Waals surface area (Å²) in [6.07, 6.45) is 11.7. The maximum absolute atomic E-state index is 13.0. The molecular formula is C100H113F4O11S3+3. The number of rotatable bonds is 24. The summed E-state index contributed by atoms with van der Waals surface area (Å²) >= 11 is 0. The number of alkyl halides is 4. The van der Waals surface area contributed by atoms with Crippen LogP contribution in [0.3, 0.4) is 0 Å². The van der Waals surface area contributed by atoms with E-state index in [2.05, 4.69) is 182 Å². The number of esters is 4. The van der Waals surface area contributed by atoms with Crippen LogP contribution in [0, 0.1) is 51.2 Å². The highest BCUT2D eigenvalue weighted by atomic mass is 32.2. The SMILES string of the molecule is CC(F)(F)C(=O)CCC12CC3CC(CC(O)(C3)C1)C2.CC(F)(F)C(=O)OC12CC3CC(C1)C(=O)C(C3)C2.CCC(C)(C)C(=O)Oc1ccc([S+](c2ccccc2)c2ccccc2)cc1.CCC(C)(C)C(=O)Oc1ccc([S+](c2ccccc2)c2ccccc2)cc1.CCC(C)(C)C(=O)Oc1ccc([S+](c2ccccc2)c2ccccc2)cc1. The van der Waals surface area contributed by atoms with Gasteiger partial charge in [0.15, 0.2) is 44.1 Å². The van der Waals surface area contributed by atoms with E-state index in [4.69, 9.17) is 18.9 Å². The molecule has 0 amide bonds. The van der Waals surface area contributed by atoms with Gasteiger partial charge >= 0.3 is 35.7 Å². The molecule has 0 aliphatic heterocycles. The van der Waals surface area contributed by atoms with Crippen molar-refractivity contribution < 1.29 is 70.4 Å². The summed E-state index contributed by atoms with van der Waals surface area (Å²) in [6.45, 7) is 18.7. The van der Waals surface area contributed by atoms with Gasteiger partial charge in [0, 0.05) is 32.1 Å². The van der Waals surface area contributed by atoms with Crippen LogP contribution in [0.4, 0.5) is 17.6 Å². The third-order valence-electron chi connectivity index (χ3n) is 24.1. The zero-order chi connectivity index (χ0) is 84.9. The van der Waals surface area contributed by atoms with E-state index >= 15 is 0 Å². The molecule has 1 N–H and O–H groups in total. The Bertz CT molecular complexity index is 4300. The number of ketones is 2. The standard InChI is InChI=1S/3C24H25O2S.C15H22F2O2.C13H16F2O3/c3*1-4-24(2,3)23(25)26-19-15-17-22(18-16-19)27(20-11-7-5-8-12-20)21-13-9-6-10-14-21;1-13(16,17)12(18)2-3-14-5-10-4-11(6-14)8-15(19,7-10)9-14;1-12(14,15)11(17)18-13-4-7-2-8(5-13)10(16)9(3-7)6-13/h3*5-18H,4H2,1-3H3;10-11,19H,2-9H2,1H3;7-9H,2-6H2,1H3/q3*+1;;. The van der Waals surface area contributed by atoms with Crippen LogP contribution >= 0.6 is 0 Å². The molecule has 8 bridgehead atoms. The van der Waals surface area contributed by atoms with Crippen molar-refractivity contribution in [2.45, 2.75) is 246 Å². The van der Waals surface area contributed by atoms with Crippen LogP contribution in [-0.2, 0) is 66.2 Å². The number of hydrogen-bond donors (Lipinski definition) is 1. The summed E-state index contributed by atoms with van der Waals surface area (Å²) in [5.74, 6) is -6.30. The van der Waals surface area contributed by atoms with Crippen LogP contribution < -0.4 is 14.2 Å². The van der Waals surface area contributed by atoms with Gasteiger partial charge in [0.05, 0.1) is 54.5 Å². The number of aliphatic hydroxyl groups is 1. The van der Waals surface area contributed by atoms with Gasteiger partial charge in [0.1, 0.15) is 28.6 Å². The first-order valence-electron chi connectivity index (χ1n) is 41.3. The molecule has 622 valence electrons. The van der Waals surface area contributed by atoms with Gasteiger partial charge in [-0.15, -0.1) is 0 Å². The summed E-state index contributed by atoms with van der Waals surface area (Å²) < 4.78 is 73.6. The summed E-state index contributed by atoms with van der Waals surface area (Å²) in [7, 11) is -0.584. The lowest BCUT2D eigenvalue weighted by molar-refractivity contribution is -0.207. The Morgan fingerprint density at radius 2 is 0.644 bits per heavy atom. The lowest BCUT2D eigenvalue weighted by Crippen LogP contribution is -2.57. The van der Waals surface area contributed by atoms with E-state index in [0.717, 1.165) is 64.2 Å². The molecule has 8 fully saturated rings. The molecule has 0 radical (unpaired) electrons. The number of halogens is 4. The molecular weight excluding hydrogens is 1550 g/mol. The zero-order valence-corrected chi connectivity index (χ0v) is 72.2. The molecule has 0 aromatic heterocycles. The molecule has 11 nitrogen and oxygen atoms in total. The Hall–Kier alpha value is -9.07. The number of benzene rings is 9. The largest absolute Gasteiger partial charge is 0.455 e. The van der Waals surface area contributed by atoms with E-state index in [1.54, 1.807) is 0 Å². The Morgan fingerprint density at radius 3 is 0.898 bits per heavy atom. The second-order valence-electron chi connectivity index (χ2n) is 34.8. The van der Waals surface area contributed by atoms with Gasteiger partial charge in [-0.25, -0.2) is 4.79 Å². The highest BCUT2D eigenvalue weighted by molar-refractivity contribution is 7.97. The van der Waals surface area contributed by atoms with Crippen molar-refractivity contribution in [1.82, 2.24) is 0 Å². The van der Waals surface area contributed by atoms with Crippen molar-refractivity contribution in [1.29, 1.82) is 0 Å². The second kappa shape index (κ2) is 38.5. The fourth-order valence-corrected chi connectivity index (χ4v) is 23.3. The third-order valence-corrected chi connectivity index (χ3v) is 30.8. The number of Topliss-reactive ketones (excluding diaryl/α,β-unsaturated/α-hetero) is 2. The van der Waals surface area contributed by atoms with Gasteiger partial charge in [-0.3, -0.25) is 24.0 Å². The third kappa shape index (κ3) is 23.1. The first kappa shape index (κ1) is 89.7. The molecule has 18 heteroatoms. The normalized spacial score (nSPS) is 21.4. The molecule has 9 aromatic carbocycles. The van der Waals surface area contributed by atoms with E-state index in [1.165, 1.54) is 50.5 Å². The summed E-state index contributed by atoms with van der Waals surface area (Å²) in [5, 5.41) is 10.6. The number of ether oxygens (including phenoxy) is 4. The van der Waals surface area contributed by atoms with E-state index in [-0.39, 0.29) is 80.0 Å². The number of carbonyl (C=O) groups is 6. The molecule has 0 heterocycles. The van der Waals surface area contributed by atoms with Crippen molar-refractivity contribution in [3.63, 3.8) is 0 Å². The summed E-state index contributed by atoms with van der Waals surface area (Å²) in [6, 6.07) is 86.7. The van der Waals surface area contributed by atoms with Crippen molar-refractivity contribution in [3.8, 4) is 17.2 Å². The predicted octanol–water partition coefficient (Wildman–Crippen LogP) is 24.0. The van der Waals surface area contributed by atoms with Crippen LogP contribution in [0.1, 0.15) is 179 Å². The fraction of sp³-hybridized carbons (Fsp3) is 0.400. The first-order chi connectivity index (χ1) is 56.0. The minimum atomic E-state index is -3.45. The molecule has 4 atom stereocenters. The first-order valence-corrected chi connectivity index (χ1v) is 45.0. The molecule has 8 aliphatic rings. The van der Waals surface area contributed by atoms with E-state index < -0.39 is 51.0 Å². The molecule has 8 saturated carbocycles. The maximum Gasteiger partial charge on any atom is 0.377 e. The van der Waals surface area contributed by atoms with E-state index in [1.807, 2.05) is 135 Å². The van der Waals surface area contributed by atoms with Gasteiger partial charge in [-0.2, -0.15) is 17.6 Å². The minimum absolute atomic E-state index is 0.0419. The lowest BCUT2D eigenvalue weighted by Gasteiger charge is -2.60. The molecule has 4 unspecified atom stereocenters. The Balaban J connectivity index is 0.000000146. The van der Waals surface area contributed by atoms with E-state index in [9.17, 15) is 51.4 Å². The van der Waals surface area contributed by atoms with Gasteiger partial charge in [-0.1, -0.05) is 130 Å². The van der Waals surface area contributed by atoms with Gasteiger partial charge in [0.25, 0.3) is 0 Å². The van der Waals surface area contributed by atoms with Crippen LogP contribution in [0.5, 0.6) is 17.2 Å². The topological polar surface area (TPSA) is 160 Å². The maximum atomic E-state index is 13.0. The molecule has 0 saturated heterocycles. The minimum Gasteiger partial charge on any atom is -0.455 e. The number of hydrogen-bond acceptors (Lipinski definition) is 11. The van der Waals surface area contributed by atoms with Crippen LogP contribution in [0.15, 0.2) is 299 Å². The zero-order valence-electron chi connectivity index (χ0n) is 69.7. The average molecular weight is 1660 g/mol. The van der Waals surface area contributed by atoms with Crippen LogP contribution in [0.25, 0.3) is 0 Å². The molecule has 0 spiro atoms. The quantitative estimate of drug-likeness (QED) is 0.0265. The Morgan fingerprint density at radius 1 is 0.364 bits per heavy atom. The molecule has 9 aromatic rings. The molecule has 17 rings (SSSR count). The van der Waals surface area contributed by atoms with Crippen molar-refractivity contribution in [2.24, 2.45) is 51.2 Å². The highest BCUT2D eigenvalue weighted by Gasteiger charge is 2.59. The second-order valence-corrected chi connectivity index (χ2v) is 40.9. The van der Waals surface area contributed by atoms with Gasteiger partial charge in [-0.05, 0) is 307 Å². The van der Waals surface area contributed by atoms with Crippen molar-refractivity contribution in [2.75, 3.05) is 0 Å². The van der Waals surface area contributed by atoms with Crippen LogP contribution in [0.2, 0.25) is 0 Å².